The van der Waals surface area contributed by atoms with Crippen LogP contribution in [-0.2, 0) is 4.79 Å². The van der Waals surface area contributed by atoms with Gasteiger partial charge in [-0.05, 0) is 49.6 Å². The van der Waals surface area contributed by atoms with E-state index in [0.717, 1.165) is 17.0 Å². The molecule has 0 saturated heterocycles. The van der Waals surface area contributed by atoms with E-state index >= 15 is 0 Å². The molecule has 0 aromatic heterocycles. The van der Waals surface area contributed by atoms with E-state index in [-0.39, 0.29) is 11.8 Å². The Morgan fingerprint density at radius 2 is 1.71 bits per heavy atom. The highest BCUT2D eigenvalue weighted by Crippen LogP contribution is 2.10. The second-order valence-corrected chi connectivity index (χ2v) is 6.51. The third-order valence-electron chi connectivity index (χ3n) is 3.59. The summed E-state index contributed by atoms with van der Waals surface area (Å²) in [6, 6.07) is 16.0. The van der Waals surface area contributed by atoms with Crippen molar-refractivity contribution in [1.29, 1.82) is 0 Å². The third kappa shape index (κ3) is 5.42. The molecule has 2 aromatic carbocycles. The van der Waals surface area contributed by atoms with Gasteiger partial charge in [-0.25, -0.2) is 0 Å². The number of carbonyl (C=O) groups is 2. The summed E-state index contributed by atoms with van der Waals surface area (Å²) in [7, 11) is 0. The van der Waals surface area contributed by atoms with Gasteiger partial charge in [0, 0.05) is 11.3 Å². The Labute approximate surface area is 147 Å². The molecule has 0 aliphatic rings. The van der Waals surface area contributed by atoms with Gasteiger partial charge in [0.15, 0.2) is 0 Å². The van der Waals surface area contributed by atoms with Crippen molar-refractivity contribution in [2.24, 2.45) is 0 Å². The summed E-state index contributed by atoms with van der Waals surface area (Å²) in [5.41, 5.74) is 2.37. The van der Waals surface area contributed by atoms with E-state index in [2.05, 4.69) is 10.6 Å². The predicted octanol–water partition coefficient (Wildman–Crippen LogP) is 3.49. The van der Waals surface area contributed by atoms with Gasteiger partial charge in [0.25, 0.3) is 5.91 Å². The average Bonchev–Trinajstić information content (AvgIpc) is 2.59. The molecule has 1 unspecified atom stereocenters. The minimum Gasteiger partial charge on any atom is -0.340 e. The topological polar surface area (TPSA) is 58.2 Å². The van der Waals surface area contributed by atoms with Gasteiger partial charge in [0.2, 0.25) is 5.91 Å². The quantitative estimate of drug-likeness (QED) is 0.810. The lowest BCUT2D eigenvalue weighted by Crippen LogP contribution is -2.44. The third-order valence-corrected chi connectivity index (χ3v) is 4.23. The van der Waals surface area contributed by atoms with Crippen LogP contribution in [-0.4, -0.2) is 29.9 Å². The monoisotopic (exact) mass is 342 g/mol. The van der Waals surface area contributed by atoms with Gasteiger partial charge in [-0.3, -0.25) is 9.59 Å². The number of carbonyl (C=O) groups excluding carboxylic acids is 2. The van der Waals surface area contributed by atoms with E-state index in [1.54, 1.807) is 23.9 Å². The maximum atomic E-state index is 12.5. The Morgan fingerprint density at radius 3 is 2.33 bits per heavy atom. The summed E-state index contributed by atoms with van der Waals surface area (Å²) in [6.45, 7) is 1.97. The van der Waals surface area contributed by atoms with Crippen molar-refractivity contribution in [3.63, 3.8) is 0 Å². The Morgan fingerprint density at radius 1 is 1.04 bits per heavy atom. The van der Waals surface area contributed by atoms with Gasteiger partial charge in [0.1, 0.15) is 6.04 Å². The number of para-hydroxylation sites is 1. The summed E-state index contributed by atoms with van der Waals surface area (Å²) < 4.78 is 0. The summed E-state index contributed by atoms with van der Waals surface area (Å²) in [5.74, 6) is 0.362. The molecule has 0 heterocycles. The number of thioether (sulfide) groups is 1. The number of hydrogen-bond donors (Lipinski definition) is 2. The summed E-state index contributed by atoms with van der Waals surface area (Å²) in [4.78, 5) is 24.9. The molecule has 2 amide bonds. The minimum atomic E-state index is -0.563. The Bertz CT molecular complexity index is 672. The number of benzene rings is 2. The molecular weight excluding hydrogens is 320 g/mol. The average molecular weight is 342 g/mol. The number of rotatable bonds is 7. The van der Waals surface area contributed by atoms with E-state index in [1.165, 1.54) is 0 Å². The molecule has 0 bridgehead atoms. The molecule has 126 valence electrons. The zero-order valence-corrected chi connectivity index (χ0v) is 14.7. The molecular formula is C19H22N2O2S. The molecule has 1 atom stereocenters. The zero-order valence-electron chi connectivity index (χ0n) is 13.9. The molecule has 0 aliphatic heterocycles. The van der Waals surface area contributed by atoms with Gasteiger partial charge >= 0.3 is 0 Å². The van der Waals surface area contributed by atoms with Gasteiger partial charge < -0.3 is 10.6 Å². The maximum absolute atomic E-state index is 12.5. The fourth-order valence-electron chi connectivity index (χ4n) is 2.20. The number of aryl methyl sites for hydroxylation is 1. The molecule has 24 heavy (non-hydrogen) atoms. The van der Waals surface area contributed by atoms with Crippen LogP contribution < -0.4 is 10.6 Å². The lowest BCUT2D eigenvalue weighted by molar-refractivity contribution is -0.118. The Balaban J connectivity index is 2.05. The van der Waals surface area contributed by atoms with Crippen molar-refractivity contribution in [2.75, 3.05) is 17.3 Å². The van der Waals surface area contributed by atoms with Crippen LogP contribution in [0, 0.1) is 6.92 Å². The number of hydrogen-bond acceptors (Lipinski definition) is 3. The highest BCUT2D eigenvalue weighted by atomic mass is 32.2. The summed E-state index contributed by atoms with van der Waals surface area (Å²) >= 11 is 1.65. The van der Waals surface area contributed by atoms with Crippen molar-refractivity contribution < 1.29 is 9.59 Å². The number of anilines is 1. The molecule has 0 radical (unpaired) electrons. The smallest absolute Gasteiger partial charge is 0.251 e. The first kappa shape index (κ1) is 18.1. The lowest BCUT2D eigenvalue weighted by atomic mass is 10.1. The molecule has 4 nitrogen and oxygen atoms in total. The normalized spacial score (nSPS) is 11.6. The number of nitrogens with one attached hydrogen (secondary N) is 2. The van der Waals surface area contributed by atoms with Gasteiger partial charge in [-0.2, -0.15) is 11.8 Å². The predicted molar refractivity (Wildman–Crippen MR) is 101 cm³/mol. The SMILES string of the molecule is CSCCC(NC(=O)c1ccc(C)cc1)C(=O)Nc1ccccc1. The van der Waals surface area contributed by atoms with E-state index < -0.39 is 6.04 Å². The Hall–Kier alpha value is -2.27. The van der Waals surface area contributed by atoms with Crippen LogP contribution in [0.2, 0.25) is 0 Å². The Kier molecular flexibility index (Phi) is 6.88. The molecule has 5 heteroatoms. The first-order valence-electron chi connectivity index (χ1n) is 7.82. The molecule has 2 rings (SSSR count). The van der Waals surface area contributed by atoms with Gasteiger partial charge in [-0.1, -0.05) is 35.9 Å². The second-order valence-electron chi connectivity index (χ2n) is 5.53. The van der Waals surface area contributed by atoms with Crippen LogP contribution >= 0.6 is 11.8 Å². The van der Waals surface area contributed by atoms with Crippen molar-refractivity contribution in [1.82, 2.24) is 5.32 Å². The maximum Gasteiger partial charge on any atom is 0.251 e. The van der Waals surface area contributed by atoms with Crippen LogP contribution in [0.1, 0.15) is 22.3 Å². The standard InChI is InChI=1S/C19H22N2O2S/c1-14-8-10-15(11-9-14)18(22)21-17(12-13-24-2)19(23)20-16-6-4-3-5-7-16/h3-11,17H,12-13H2,1-2H3,(H,20,23)(H,21,22). The van der Waals surface area contributed by atoms with Crippen LogP contribution in [0.15, 0.2) is 54.6 Å². The van der Waals surface area contributed by atoms with Crippen LogP contribution in [0.3, 0.4) is 0 Å². The number of amides is 2. The van der Waals surface area contributed by atoms with Crippen molar-refractivity contribution in [3.05, 3.63) is 65.7 Å². The fourth-order valence-corrected chi connectivity index (χ4v) is 2.67. The molecule has 2 aromatic rings. The van der Waals surface area contributed by atoms with E-state index in [1.807, 2.05) is 55.6 Å². The minimum absolute atomic E-state index is 0.198. The van der Waals surface area contributed by atoms with E-state index in [9.17, 15) is 9.59 Å². The van der Waals surface area contributed by atoms with Gasteiger partial charge in [-0.15, -0.1) is 0 Å². The molecule has 0 saturated carbocycles. The second kappa shape index (κ2) is 9.13. The zero-order chi connectivity index (χ0) is 17.4. The van der Waals surface area contributed by atoms with Crippen LogP contribution in [0.5, 0.6) is 0 Å². The first-order chi connectivity index (χ1) is 11.6. The summed E-state index contributed by atoms with van der Waals surface area (Å²) in [5, 5.41) is 5.70. The highest BCUT2D eigenvalue weighted by molar-refractivity contribution is 7.98. The molecule has 0 spiro atoms. The molecule has 2 N–H and O–H groups in total. The van der Waals surface area contributed by atoms with Crippen molar-refractivity contribution in [2.45, 2.75) is 19.4 Å². The van der Waals surface area contributed by atoms with E-state index in [0.29, 0.717) is 12.0 Å². The first-order valence-corrected chi connectivity index (χ1v) is 9.22. The van der Waals surface area contributed by atoms with E-state index in [4.69, 9.17) is 0 Å². The highest BCUT2D eigenvalue weighted by Gasteiger charge is 2.21. The molecule has 0 aliphatic carbocycles. The molecule has 0 fully saturated rings. The fraction of sp³-hybridized carbons (Fsp3) is 0.263. The lowest BCUT2D eigenvalue weighted by Gasteiger charge is -2.18. The van der Waals surface area contributed by atoms with Crippen LogP contribution in [0.25, 0.3) is 0 Å². The summed E-state index contributed by atoms with van der Waals surface area (Å²) in [6.07, 6.45) is 2.56. The largest absolute Gasteiger partial charge is 0.340 e. The van der Waals surface area contributed by atoms with Crippen molar-refractivity contribution in [3.8, 4) is 0 Å². The van der Waals surface area contributed by atoms with Crippen molar-refractivity contribution >= 4 is 29.3 Å². The van der Waals surface area contributed by atoms with Crippen LogP contribution in [0.4, 0.5) is 5.69 Å². The van der Waals surface area contributed by atoms with Gasteiger partial charge in [0.05, 0.1) is 0 Å².